The number of cyclic esters (lactones) is 1. The van der Waals surface area contributed by atoms with Gasteiger partial charge >= 0.3 is 5.97 Å². The van der Waals surface area contributed by atoms with E-state index in [4.69, 9.17) is 4.74 Å². The minimum Gasteiger partial charge on any atom is -0.441 e. The van der Waals surface area contributed by atoms with Crippen LogP contribution in [0.5, 0.6) is 0 Å². The number of benzene rings is 4. The number of fused-ring (bicyclic) bond motifs is 3. The number of hydrogen-bond donors (Lipinski definition) is 0. The van der Waals surface area contributed by atoms with Gasteiger partial charge in [0.1, 0.15) is 0 Å². The molecule has 5 heteroatoms. The highest BCUT2D eigenvalue weighted by atomic mass is 16.6. The zero-order valence-electron chi connectivity index (χ0n) is 30.1. The highest BCUT2D eigenvalue weighted by Crippen LogP contribution is 2.49. The largest absolute Gasteiger partial charge is 0.441 e. The Kier molecular flexibility index (Phi) is 8.26. The number of carbonyl (C=O) groups is 1. The molecule has 0 amide bonds. The summed E-state index contributed by atoms with van der Waals surface area (Å²) >= 11 is 0. The molecule has 0 aliphatic carbocycles. The SMILES string of the molecule is CCN(CC)c1ccc(C2(C=C(c3c(C)n(CC)c4ccc(C)cc34)c3c(C)n(CC)c4ccc(C)cc34)OC(=O)c3ccccc32)cc1. The number of aryl methyl sites for hydroxylation is 4. The molecule has 0 fully saturated rings. The van der Waals surface area contributed by atoms with Crippen LogP contribution >= 0.6 is 0 Å². The van der Waals surface area contributed by atoms with Crippen molar-refractivity contribution in [3.8, 4) is 0 Å². The summed E-state index contributed by atoms with van der Waals surface area (Å²) in [5, 5.41) is 2.42. The van der Waals surface area contributed by atoms with Crippen molar-refractivity contribution in [1.82, 2.24) is 9.13 Å². The van der Waals surface area contributed by atoms with Gasteiger partial charge in [0.15, 0.2) is 5.60 Å². The molecule has 1 unspecified atom stereocenters. The van der Waals surface area contributed by atoms with Crippen LogP contribution in [0.15, 0.2) is 91.0 Å². The van der Waals surface area contributed by atoms with Crippen molar-refractivity contribution in [2.75, 3.05) is 18.0 Å². The van der Waals surface area contributed by atoms with Crippen LogP contribution in [0.25, 0.3) is 27.4 Å². The normalized spacial score (nSPS) is 15.6. The second-order valence-corrected chi connectivity index (χ2v) is 13.4. The van der Waals surface area contributed by atoms with Gasteiger partial charge < -0.3 is 18.8 Å². The van der Waals surface area contributed by atoms with Crippen molar-refractivity contribution in [2.24, 2.45) is 0 Å². The van der Waals surface area contributed by atoms with E-state index in [1.54, 1.807) is 0 Å². The third-order valence-corrected chi connectivity index (χ3v) is 10.7. The predicted octanol–water partition coefficient (Wildman–Crippen LogP) is 10.3. The third-order valence-electron chi connectivity index (χ3n) is 10.7. The zero-order valence-corrected chi connectivity index (χ0v) is 30.1. The fraction of sp³-hybridized carbons (Fsp3) is 0.295. The third kappa shape index (κ3) is 5.01. The Morgan fingerprint density at radius 1 is 0.714 bits per heavy atom. The number of hydrogen-bond acceptors (Lipinski definition) is 3. The molecule has 3 heterocycles. The van der Waals surface area contributed by atoms with Crippen molar-refractivity contribution >= 4 is 39.0 Å². The molecule has 0 N–H and O–H groups in total. The van der Waals surface area contributed by atoms with Crippen LogP contribution in [0.2, 0.25) is 0 Å². The number of carbonyl (C=O) groups excluding carboxylic acids is 1. The minimum absolute atomic E-state index is 0.300. The summed E-state index contributed by atoms with van der Waals surface area (Å²) in [7, 11) is 0. The highest BCUT2D eigenvalue weighted by molar-refractivity contribution is 6.07. The molecule has 0 saturated carbocycles. The number of ether oxygens (including phenoxy) is 1. The first-order valence-corrected chi connectivity index (χ1v) is 17.8. The maximum Gasteiger partial charge on any atom is 0.340 e. The van der Waals surface area contributed by atoms with Crippen molar-refractivity contribution < 1.29 is 9.53 Å². The van der Waals surface area contributed by atoms with E-state index in [1.807, 2.05) is 18.2 Å². The summed E-state index contributed by atoms with van der Waals surface area (Å²) in [5.41, 5.74) is 13.1. The summed E-state index contributed by atoms with van der Waals surface area (Å²) in [6.45, 7) is 21.1. The predicted molar refractivity (Wildman–Crippen MR) is 204 cm³/mol. The number of anilines is 1. The van der Waals surface area contributed by atoms with E-state index in [9.17, 15) is 4.79 Å². The smallest absolute Gasteiger partial charge is 0.340 e. The summed E-state index contributed by atoms with van der Waals surface area (Å²) in [6.07, 6.45) is 2.28. The lowest BCUT2D eigenvalue weighted by Crippen LogP contribution is -2.27. The van der Waals surface area contributed by atoms with E-state index in [0.717, 1.165) is 48.6 Å². The van der Waals surface area contributed by atoms with Crippen molar-refractivity contribution in [2.45, 2.75) is 74.1 Å². The summed E-state index contributed by atoms with van der Waals surface area (Å²) < 4.78 is 11.5. The molecule has 6 aromatic rings. The molecule has 2 aromatic heterocycles. The Labute approximate surface area is 290 Å². The number of aromatic nitrogens is 2. The van der Waals surface area contributed by atoms with Crippen LogP contribution in [-0.4, -0.2) is 28.2 Å². The molecule has 4 aromatic carbocycles. The van der Waals surface area contributed by atoms with Gasteiger partial charge in [0.2, 0.25) is 0 Å². The first-order chi connectivity index (χ1) is 23.7. The van der Waals surface area contributed by atoms with Crippen LogP contribution in [0.4, 0.5) is 5.69 Å². The van der Waals surface area contributed by atoms with Crippen LogP contribution in [-0.2, 0) is 23.4 Å². The van der Waals surface area contributed by atoms with Crippen LogP contribution in [0.1, 0.15) is 82.8 Å². The first kappa shape index (κ1) is 32.5. The van der Waals surface area contributed by atoms with E-state index in [2.05, 4.69) is 142 Å². The topological polar surface area (TPSA) is 39.4 Å². The number of esters is 1. The monoisotopic (exact) mass is 649 g/mol. The Morgan fingerprint density at radius 2 is 1.24 bits per heavy atom. The molecule has 0 radical (unpaired) electrons. The average molecular weight is 650 g/mol. The Morgan fingerprint density at radius 3 is 1.76 bits per heavy atom. The van der Waals surface area contributed by atoms with Crippen LogP contribution in [0, 0.1) is 27.7 Å². The maximum absolute atomic E-state index is 13.9. The van der Waals surface area contributed by atoms with E-state index in [0.29, 0.717) is 5.56 Å². The fourth-order valence-corrected chi connectivity index (χ4v) is 8.31. The molecule has 1 aliphatic rings. The Hall–Kier alpha value is -5.03. The molecule has 7 rings (SSSR count). The van der Waals surface area contributed by atoms with Gasteiger partial charge in [-0.15, -0.1) is 0 Å². The molecule has 0 spiro atoms. The van der Waals surface area contributed by atoms with Gasteiger partial charge in [0.25, 0.3) is 0 Å². The standard InChI is InChI=1S/C44H47N3O2/c1-9-45(10-2)33-21-19-32(20-22-33)44(38-16-14-13-15-34(38)43(48)49-44)27-37(41-30(7)46(11-3)39-23-17-28(5)25-35(39)41)42-31(8)47(12-4)40-24-18-29(6)26-36(40)42/h13-27H,9-12H2,1-8H3. The van der Waals surface area contributed by atoms with Gasteiger partial charge in [0, 0.05) is 87.3 Å². The zero-order chi connectivity index (χ0) is 34.6. The maximum atomic E-state index is 13.9. The summed E-state index contributed by atoms with van der Waals surface area (Å²) in [4.78, 5) is 16.2. The summed E-state index contributed by atoms with van der Waals surface area (Å²) in [5.74, 6) is -0.300. The molecule has 49 heavy (non-hydrogen) atoms. The van der Waals surface area contributed by atoms with Gasteiger partial charge in [0.05, 0.1) is 5.56 Å². The molecule has 5 nitrogen and oxygen atoms in total. The average Bonchev–Trinajstić information content (AvgIpc) is 3.66. The van der Waals surface area contributed by atoms with E-state index in [1.165, 1.54) is 55.4 Å². The molecule has 0 bridgehead atoms. The lowest BCUT2D eigenvalue weighted by atomic mass is 9.80. The number of rotatable bonds is 9. The van der Waals surface area contributed by atoms with E-state index < -0.39 is 5.60 Å². The Balaban J connectivity index is 1.65. The molecular weight excluding hydrogens is 603 g/mol. The van der Waals surface area contributed by atoms with Crippen LogP contribution < -0.4 is 4.90 Å². The van der Waals surface area contributed by atoms with E-state index >= 15 is 0 Å². The molecule has 250 valence electrons. The van der Waals surface area contributed by atoms with Gasteiger partial charge in [-0.05, 0) is 110 Å². The second-order valence-electron chi connectivity index (χ2n) is 13.4. The van der Waals surface area contributed by atoms with Crippen molar-refractivity contribution in [3.05, 3.63) is 141 Å². The first-order valence-electron chi connectivity index (χ1n) is 17.8. The number of nitrogens with zero attached hydrogens (tertiary/aromatic N) is 3. The van der Waals surface area contributed by atoms with Gasteiger partial charge in [-0.3, -0.25) is 0 Å². The van der Waals surface area contributed by atoms with E-state index in [-0.39, 0.29) is 5.97 Å². The molecule has 1 aliphatic heterocycles. The van der Waals surface area contributed by atoms with Crippen molar-refractivity contribution in [3.63, 3.8) is 0 Å². The van der Waals surface area contributed by atoms with Gasteiger partial charge in [-0.1, -0.05) is 53.6 Å². The summed E-state index contributed by atoms with van der Waals surface area (Å²) in [6, 6.07) is 30.1. The van der Waals surface area contributed by atoms with Crippen LogP contribution in [0.3, 0.4) is 0 Å². The van der Waals surface area contributed by atoms with Gasteiger partial charge in [-0.2, -0.15) is 0 Å². The molecule has 0 saturated heterocycles. The highest BCUT2D eigenvalue weighted by Gasteiger charge is 2.46. The molecular formula is C44H47N3O2. The minimum atomic E-state index is -1.14. The van der Waals surface area contributed by atoms with Gasteiger partial charge in [-0.25, -0.2) is 4.79 Å². The lowest BCUT2D eigenvalue weighted by molar-refractivity contribution is 0.0276. The molecule has 1 atom stereocenters. The quantitative estimate of drug-likeness (QED) is 0.146. The second kappa shape index (κ2) is 12.5. The fourth-order valence-electron chi connectivity index (χ4n) is 8.31. The van der Waals surface area contributed by atoms with Crippen molar-refractivity contribution in [1.29, 1.82) is 0 Å². The lowest BCUT2D eigenvalue weighted by Gasteiger charge is -2.29. The Bertz CT molecular complexity index is 2170.